The van der Waals surface area contributed by atoms with E-state index in [0.717, 1.165) is 19.3 Å². The van der Waals surface area contributed by atoms with Crippen LogP contribution in [0.5, 0.6) is 5.75 Å². The zero-order valence-corrected chi connectivity index (χ0v) is 12.6. The number of para-hydroxylation sites is 1. The first kappa shape index (κ1) is 14.7. The molecule has 1 heterocycles. The van der Waals surface area contributed by atoms with E-state index in [4.69, 9.17) is 10.5 Å². The molecule has 1 fully saturated rings. The third-order valence-electron chi connectivity index (χ3n) is 4.06. The quantitative estimate of drug-likeness (QED) is 0.860. The fourth-order valence-corrected chi connectivity index (χ4v) is 3.01. The molecular weight excluding hydrogens is 252 g/mol. The van der Waals surface area contributed by atoms with Crippen LogP contribution in [0.15, 0.2) is 18.2 Å². The molecule has 2 rings (SSSR count). The topological polar surface area (TPSA) is 55.6 Å². The molecule has 2 atom stereocenters. The van der Waals surface area contributed by atoms with E-state index in [1.54, 1.807) is 12.1 Å². The van der Waals surface area contributed by atoms with Crippen molar-refractivity contribution in [3.05, 3.63) is 23.8 Å². The molecule has 1 amide bonds. The molecule has 0 radical (unpaired) electrons. The van der Waals surface area contributed by atoms with Crippen LogP contribution in [0.1, 0.15) is 50.4 Å². The number of hydrogen-bond donors (Lipinski definition) is 1. The highest BCUT2D eigenvalue weighted by molar-refractivity contribution is 5.99. The number of rotatable bonds is 4. The summed E-state index contributed by atoms with van der Waals surface area (Å²) in [4.78, 5) is 14.9. The Bertz CT molecular complexity index is 487. The molecule has 1 aromatic rings. The molecule has 1 aliphatic heterocycles. The lowest BCUT2D eigenvalue weighted by atomic mass is 10.1. The Labute approximate surface area is 120 Å². The molecular formula is C16H24N2O2. The Hall–Kier alpha value is -1.71. The first-order valence-electron chi connectivity index (χ1n) is 7.44. The van der Waals surface area contributed by atoms with Crippen molar-refractivity contribution in [3.63, 3.8) is 0 Å². The van der Waals surface area contributed by atoms with Crippen LogP contribution in [-0.4, -0.2) is 29.5 Å². The Morgan fingerprint density at radius 1 is 1.40 bits per heavy atom. The van der Waals surface area contributed by atoms with Crippen LogP contribution in [0.4, 0.5) is 5.69 Å². The molecule has 1 aromatic carbocycles. The first-order valence-corrected chi connectivity index (χ1v) is 7.44. The van der Waals surface area contributed by atoms with Crippen LogP contribution < -0.4 is 10.5 Å². The van der Waals surface area contributed by atoms with Crippen molar-refractivity contribution >= 4 is 11.6 Å². The third kappa shape index (κ3) is 2.60. The highest BCUT2D eigenvalue weighted by Crippen LogP contribution is 2.32. The molecule has 1 aliphatic rings. The molecule has 1 saturated heterocycles. The van der Waals surface area contributed by atoms with E-state index >= 15 is 0 Å². The van der Waals surface area contributed by atoms with Gasteiger partial charge < -0.3 is 15.4 Å². The van der Waals surface area contributed by atoms with E-state index in [0.29, 0.717) is 29.6 Å². The van der Waals surface area contributed by atoms with Gasteiger partial charge in [0, 0.05) is 12.1 Å². The number of amides is 1. The summed E-state index contributed by atoms with van der Waals surface area (Å²) in [5.41, 5.74) is 7.06. The fraction of sp³-hybridized carbons (Fsp3) is 0.562. The van der Waals surface area contributed by atoms with Gasteiger partial charge in [-0.15, -0.1) is 0 Å². The molecule has 0 saturated carbocycles. The van der Waals surface area contributed by atoms with Gasteiger partial charge in [0.1, 0.15) is 0 Å². The average molecular weight is 276 g/mol. The molecule has 0 aliphatic carbocycles. The summed E-state index contributed by atoms with van der Waals surface area (Å²) in [7, 11) is 0. The van der Waals surface area contributed by atoms with Gasteiger partial charge in [0.25, 0.3) is 5.91 Å². The number of benzene rings is 1. The van der Waals surface area contributed by atoms with Gasteiger partial charge in [-0.1, -0.05) is 13.0 Å². The molecule has 2 unspecified atom stereocenters. The van der Waals surface area contributed by atoms with Crippen LogP contribution in [-0.2, 0) is 0 Å². The van der Waals surface area contributed by atoms with Crippen LogP contribution in [0.25, 0.3) is 0 Å². The Kier molecular flexibility index (Phi) is 4.53. The number of hydrogen-bond acceptors (Lipinski definition) is 3. The van der Waals surface area contributed by atoms with Crippen LogP contribution in [0.2, 0.25) is 0 Å². The fourth-order valence-electron chi connectivity index (χ4n) is 3.01. The predicted octanol–water partition coefficient (Wildman–Crippen LogP) is 3.07. The molecule has 2 N–H and O–H groups in total. The first-order chi connectivity index (χ1) is 9.60. The van der Waals surface area contributed by atoms with E-state index in [9.17, 15) is 4.79 Å². The van der Waals surface area contributed by atoms with Gasteiger partial charge in [-0.05, 0) is 45.2 Å². The lowest BCUT2D eigenvalue weighted by molar-refractivity contribution is 0.0672. The van der Waals surface area contributed by atoms with Crippen molar-refractivity contribution in [2.75, 3.05) is 12.3 Å². The number of anilines is 1. The minimum Gasteiger partial charge on any atom is -0.491 e. The SMILES string of the molecule is CCOc1c(N)cccc1C(=O)N1C(C)CCC1CC. The zero-order valence-electron chi connectivity index (χ0n) is 12.6. The van der Waals surface area contributed by atoms with Gasteiger partial charge >= 0.3 is 0 Å². The second-order valence-corrected chi connectivity index (χ2v) is 5.36. The third-order valence-corrected chi connectivity index (χ3v) is 4.06. The summed E-state index contributed by atoms with van der Waals surface area (Å²) in [6, 6.07) is 6.00. The minimum atomic E-state index is 0.0394. The van der Waals surface area contributed by atoms with Crippen molar-refractivity contribution in [1.82, 2.24) is 4.90 Å². The molecule has 20 heavy (non-hydrogen) atoms. The maximum absolute atomic E-state index is 12.9. The van der Waals surface area contributed by atoms with Crippen LogP contribution in [0, 0.1) is 0 Å². The number of carbonyl (C=O) groups is 1. The number of likely N-dealkylation sites (tertiary alicyclic amines) is 1. The van der Waals surface area contributed by atoms with Crippen molar-refractivity contribution in [1.29, 1.82) is 0 Å². The molecule has 4 nitrogen and oxygen atoms in total. The van der Waals surface area contributed by atoms with Crippen LogP contribution in [0.3, 0.4) is 0 Å². The summed E-state index contributed by atoms with van der Waals surface area (Å²) in [6.07, 6.45) is 3.13. The summed E-state index contributed by atoms with van der Waals surface area (Å²) in [6.45, 7) is 6.64. The standard InChI is InChI=1S/C16H24N2O2/c1-4-12-10-9-11(3)18(12)16(19)13-7-6-8-14(17)15(13)20-5-2/h6-8,11-12H,4-5,9-10,17H2,1-3H3. The van der Waals surface area contributed by atoms with Gasteiger partial charge in [-0.25, -0.2) is 0 Å². The highest BCUT2D eigenvalue weighted by atomic mass is 16.5. The van der Waals surface area contributed by atoms with Gasteiger partial charge in [-0.3, -0.25) is 4.79 Å². The molecule has 0 aromatic heterocycles. The lowest BCUT2D eigenvalue weighted by Gasteiger charge is -2.29. The summed E-state index contributed by atoms with van der Waals surface area (Å²) in [5.74, 6) is 0.562. The minimum absolute atomic E-state index is 0.0394. The van der Waals surface area contributed by atoms with Gasteiger partial charge in [0.15, 0.2) is 5.75 Å². The van der Waals surface area contributed by atoms with Crippen LogP contribution >= 0.6 is 0 Å². The predicted molar refractivity (Wildman–Crippen MR) is 81.0 cm³/mol. The second-order valence-electron chi connectivity index (χ2n) is 5.36. The maximum Gasteiger partial charge on any atom is 0.258 e. The van der Waals surface area contributed by atoms with Gasteiger partial charge in [0.05, 0.1) is 17.9 Å². The summed E-state index contributed by atoms with van der Waals surface area (Å²) in [5, 5.41) is 0. The average Bonchev–Trinajstić information content (AvgIpc) is 2.81. The number of carbonyl (C=O) groups excluding carboxylic acids is 1. The number of ether oxygens (including phenoxy) is 1. The van der Waals surface area contributed by atoms with E-state index in [1.807, 2.05) is 17.9 Å². The van der Waals surface area contributed by atoms with Crippen molar-refractivity contribution in [3.8, 4) is 5.75 Å². The number of nitrogens with two attached hydrogens (primary N) is 1. The van der Waals surface area contributed by atoms with Gasteiger partial charge in [-0.2, -0.15) is 0 Å². The van der Waals surface area contributed by atoms with Crippen molar-refractivity contribution in [2.45, 2.75) is 52.1 Å². The Morgan fingerprint density at radius 2 is 2.15 bits per heavy atom. The molecule has 110 valence electrons. The molecule has 0 spiro atoms. The zero-order chi connectivity index (χ0) is 14.7. The summed E-state index contributed by atoms with van der Waals surface area (Å²) >= 11 is 0. The largest absolute Gasteiger partial charge is 0.491 e. The van der Waals surface area contributed by atoms with E-state index in [2.05, 4.69) is 13.8 Å². The number of nitrogens with zero attached hydrogens (tertiary/aromatic N) is 1. The normalized spacial score (nSPS) is 22.1. The second kappa shape index (κ2) is 6.16. The van der Waals surface area contributed by atoms with E-state index < -0.39 is 0 Å². The van der Waals surface area contributed by atoms with E-state index in [-0.39, 0.29) is 11.9 Å². The Balaban J connectivity index is 2.35. The number of nitrogen functional groups attached to an aromatic ring is 1. The highest BCUT2D eigenvalue weighted by Gasteiger charge is 2.34. The smallest absolute Gasteiger partial charge is 0.258 e. The van der Waals surface area contributed by atoms with E-state index in [1.165, 1.54) is 0 Å². The summed E-state index contributed by atoms with van der Waals surface area (Å²) < 4.78 is 5.58. The van der Waals surface area contributed by atoms with Crippen molar-refractivity contribution < 1.29 is 9.53 Å². The molecule has 4 heteroatoms. The lowest BCUT2D eigenvalue weighted by Crippen LogP contribution is -2.39. The molecule has 0 bridgehead atoms. The maximum atomic E-state index is 12.9. The Morgan fingerprint density at radius 3 is 2.80 bits per heavy atom. The van der Waals surface area contributed by atoms with Gasteiger partial charge in [0.2, 0.25) is 0 Å². The monoisotopic (exact) mass is 276 g/mol. The van der Waals surface area contributed by atoms with Crippen molar-refractivity contribution in [2.24, 2.45) is 0 Å².